The maximum Gasteiger partial charge on any atom is 0.416 e. The molecule has 1 aliphatic rings. The minimum absolute atomic E-state index is 0.0894. The third-order valence-corrected chi connectivity index (χ3v) is 10.5. The van der Waals surface area contributed by atoms with Crippen LogP contribution in [0.3, 0.4) is 0 Å². The Morgan fingerprint density at radius 1 is 0.911 bits per heavy atom. The van der Waals surface area contributed by atoms with E-state index >= 15 is 0 Å². The summed E-state index contributed by atoms with van der Waals surface area (Å²) >= 11 is 19.1. The topological polar surface area (TPSA) is 86.8 Å². The Balaban J connectivity index is 1.78. The molecule has 2 amide bonds. The van der Waals surface area contributed by atoms with Gasteiger partial charge in [-0.1, -0.05) is 78.3 Å². The molecule has 0 aromatic heterocycles. The normalized spacial score (nSPS) is 14.9. The number of rotatable bonds is 10. The van der Waals surface area contributed by atoms with Crippen molar-refractivity contribution in [3.05, 3.63) is 92.9 Å². The van der Waals surface area contributed by atoms with Gasteiger partial charge in [0.1, 0.15) is 12.6 Å². The van der Waals surface area contributed by atoms with Gasteiger partial charge in [0.25, 0.3) is 10.0 Å². The highest BCUT2D eigenvalue weighted by molar-refractivity contribution is 7.92. The molecule has 0 spiro atoms. The quantitative estimate of drug-likeness (QED) is 0.234. The highest BCUT2D eigenvalue weighted by atomic mass is 35.5. The second-order valence-electron chi connectivity index (χ2n) is 10.7. The van der Waals surface area contributed by atoms with E-state index in [1.165, 1.54) is 31.2 Å². The molecule has 4 rings (SSSR count). The van der Waals surface area contributed by atoms with Crippen molar-refractivity contribution < 1.29 is 31.2 Å². The average molecular weight is 705 g/mol. The van der Waals surface area contributed by atoms with Crippen LogP contribution in [-0.2, 0) is 32.3 Å². The van der Waals surface area contributed by atoms with Gasteiger partial charge in [0, 0.05) is 28.2 Å². The van der Waals surface area contributed by atoms with Crippen LogP contribution in [0.4, 0.5) is 18.9 Å². The molecule has 0 unspecified atom stereocenters. The lowest BCUT2D eigenvalue weighted by Gasteiger charge is -2.34. The Hall–Kier alpha value is -2.99. The first kappa shape index (κ1) is 34.9. The number of nitrogens with zero attached hydrogens (tertiary/aromatic N) is 2. The van der Waals surface area contributed by atoms with Crippen LogP contribution >= 0.6 is 34.8 Å². The van der Waals surface area contributed by atoms with Gasteiger partial charge in [-0.25, -0.2) is 8.42 Å². The average Bonchev–Trinajstić information content (AvgIpc) is 3.00. The van der Waals surface area contributed by atoms with Crippen LogP contribution in [0.5, 0.6) is 0 Å². The van der Waals surface area contributed by atoms with Crippen LogP contribution in [0.2, 0.25) is 15.1 Å². The van der Waals surface area contributed by atoms with Crippen molar-refractivity contribution in [2.45, 2.75) is 68.7 Å². The first-order valence-electron chi connectivity index (χ1n) is 14.2. The van der Waals surface area contributed by atoms with Gasteiger partial charge in [-0.2, -0.15) is 13.2 Å². The minimum Gasteiger partial charge on any atom is -0.352 e. The van der Waals surface area contributed by atoms with Crippen molar-refractivity contribution in [2.24, 2.45) is 0 Å². The molecule has 3 aromatic rings. The fraction of sp³-hybridized carbons (Fsp3) is 0.355. The van der Waals surface area contributed by atoms with E-state index in [1.54, 1.807) is 24.3 Å². The predicted molar refractivity (Wildman–Crippen MR) is 169 cm³/mol. The molecule has 7 nitrogen and oxygen atoms in total. The first-order chi connectivity index (χ1) is 21.2. The van der Waals surface area contributed by atoms with E-state index in [0.717, 1.165) is 43.1 Å². The Labute approximate surface area is 275 Å². The van der Waals surface area contributed by atoms with Gasteiger partial charge in [0.15, 0.2) is 0 Å². The number of carbonyl (C=O) groups excluding carboxylic acids is 2. The molecule has 0 radical (unpaired) electrons. The van der Waals surface area contributed by atoms with Crippen LogP contribution in [0.15, 0.2) is 71.6 Å². The number of sulfonamides is 1. The summed E-state index contributed by atoms with van der Waals surface area (Å²) in [4.78, 5) is 28.4. The minimum atomic E-state index is -4.83. The second kappa shape index (κ2) is 14.6. The monoisotopic (exact) mass is 703 g/mol. The lowest BCUT2D eigenvalue weighted by molar-refractivity contribution is -0.139. The molecular formula is C31H31Cl3F3N3O4S. The van der Waals surface area contributed by atoms with E-state index in [4.69, 9.17) is 34.8 Å². The molecule has 3 aromatic carbocycles. The van der Waals surface area contributed by atoms with E-state index in [-0.39, 0.29) is 32.5 Å². The third kappa shape index (κ3) is 8.44. The van der Waals surface area contributed by atoms with Gasteiger partial charge < -0.3 is 10.2 Å². The summed E-state index contributed by atoms with van der Waals surface area (Å²) in [5.74, 6) is -1.38. The number of carbonyl (C=O) groups is 2. The summed E-state index contributed by atoms with van der Waals surface area (Å²) in [5, 5.41) is 3.04. The number of halogens is 6. The van der Waals surface area contributed by atoms with Crippen molar-refractivity contribution >= 4 is 62.3 Å². The Morgan fingerprint density at radius 2 is 1.53 bits per heavy atom. The van der Waals surface area contributed by atoms with Crippen LogP contribution < -0.4 is 9.62 Å². The summed E-state index contributed by atoms with van der Waals surface area (Å²) in [5.41, 5.74) is -1.41. The number of alkyl halides is 3. The van der Waals surface area contributed by atoms with Crippen molar-refractivity contribution in [1.82, 2.24) is 10.2 Å². The molecule has 1 aliphatic carbocycles. The third-order valence-electron chi connectivity index (χ3n) is 7.66. The van der Waals surface area contributed by atoms with Crippen LogP contribution in [-0.4, -0.2) is 43.8 Å². The molecular weight excluding hydrogens is 674 g/mol. The Kier molecular flexibility index (Phi) is 11.3. The number of hydrogen-bond donors (Lipinski definition) is 1. The largest absolute Gasteiger partial charge is 0.416 e. The van der Waals surface area contributed by atoms with E-state index in [1.807, 2.05) is 0 Å². The molecule has 0 aliphatic heterocycles. The molecule has 242 valence electrons. The summed E-state index contributed by atoms with van der Waals surface area (Å²) in [6, 6.07) is 12.6. The van der Waals surface area contributed by atoms with Crippen molar-refractivity contribution in [2.75, 3.05) is 10.8 Å². The van der Waals surface area contributed by atoms with Gasteiger partial charge in [0.2, 0.25) is 11.8 Å². The molecule has 1 atom stereocenters. The van der Waals surface area contributed by atoms with Crippen LogP contribution in [0.25, 0.3) is 0 Å². The summed E-state index contributed by atoms with van der Waals surface area (Å²) in [7, 11) is -4.64. The standard InChI is InChI=1S/C31H31Cl3F3N3O4S/c1-20(30(42)38-22-9-4-2-5-10-22)39(18-24-25(32)13-8-14-26(24)33)29(41)19-40(45(43,44)23-11-6-3-7-12-23)28-17-21(31(35,36)37)15-16-27(28)34/h3,6-8,11-17,20,22H,2,4-5,9-10,18-19H2,1H3,(H,38,42)/t20-/m1/s1. The molecule has 0 saturated heterocycles. The lowest BCUT2D eigenvalue weighted by atomic mass is 9.95. The van der Waals surface area contributed by atoms with Gasteiger partial charge in [-0.15, -0.1) is 0 Å². The fourth-order valence-corrected chi connectivity index (χ4v) is 7.35. The Bertz CT molecular complexity index is 1620. The fourth-order valence-electron chi connectivity index (χ4n) is 5.12. The maximum atomic E-state index is 14.2. The van der Waals surface area contributed by atoms with Crippen molar-refractivity contribution in [3.8, 4) is 0 Å². The first-order valence-corrected chi connectivity index (χ1v) is 16.7. The van der Waals surface area contributed by atoms with Gasteiger partial charge in [-0.05, 0) is 62.2 Å². The zero-order chi connectivity index (χ0) is 32.9. The van der Waals surface area contributed by atoms with Gasteiger partial charge in [-0.3, -0.25) is 13.9 Å². The highest BCUT2D eigenvalue weighted by Crippen LogP contribution is 2.37. The molecule has 0 bridgehead atoms. The smallest absolute Gasteiger partial charge is 0.352 e. The maximum absolute atomic E-state index is 14.2. The van der Waals surface area contributed by atoms with Gasteiger partial charge in [0.05, 0.1) is 21.2 Å². The number of hydrogen-bond acceptors (Lipinski definition) is 4. The Morgan fingerprint density at radius 3 is 2.13 bits per heavy atom. The molecule has 1 fully saturated rings. The molecule has 1 N–H and O–H groups in total. The van der Waals surface area contributed by atoms with E-state index in [0.29, 0.717) is 22.0 Å². The molecule has 45 heavy (non-hydrogen) atoms. The number of anilines is 1. The number of amides is 2. The van der Waals surface area contributed by atoms with Crippen molar-refractivity contribution in [3.63, 3.8) is 0 Å². The number of benzene rings is 3. The molecule has 14 heteroatoms. The SMILES string of the molecule is C[C@H](C(=O)NC1CCCCC1)N(Cc1c(Cl)cccc1Cl)C(=O)CN(c1cc(C(F)(F)F)ccc1Cl)S(=O)(=O)c1ccccc1. The van der Waals surface area contributed by atoms with E-state index < -0.39 is 51.9 Å². The van der Waals surface area contributed by atoms with Crippen LogP contribution in [0, 0.1) is 0 Å². The highest BCUT2D eigenvalue weighted by Gasteiger charge is 2.37. The van der Waals surface area contributed by atoms with Gasteiger partial charge >= 0.3 is 6.18 Å². The van der Waals surface area contributed by atoms with E-state index in [2.05, 4.69) is 5.32 Å². The van der Waals surface area contributed by atoms with Crippen molar-refractivity contribution in [1.29, 1.82) is 0 Å². The number of nitrogens with one attached hydrogen (secondary N) is 1. The predicted octanol–water partition coefficient (Wildman–Crippen LogP) is 7.73. The summed E-state index contributed by atoms with van der Waals surface area (Å²) in [6.45, 7) is 0.210. The summed E-state index contributed by atoms with van der Waals surface area (Å²) < 4.78 is 69.6. The second-order valence-corrected chi connectivity index (χ2v) is 13.8. The summed E-state index contributed by atoms with van der Waals surface area (Å²) in [6.07, 6.45) is -0.326. The molecule has 0 heterocycles. The lowest BCUT2D eigenvalue weighted by Crippen LogP contribution is -2.53. The zero-order valence-corrected chi connectivity index (χ0v) is 27.2. The molecule has 1 saturated carbocycles. The zero-order valence-electron chi connectivity index (χ0n) is 24.2. The van der Waals surface area contributed by atoms with Crippen LogP contribution in [0.1, 0.15) is 50.2 Å². The van der Waals surface area contributed by atoms with E-state index in [9.17, 15) is 31.2 Å².